The van der Waals surface area contributed by atoms with Crippen LogP contribution in [0.3, 0.4) is 0 Å². The average molecular weight is 232 g/mol. The summed E-state index contributed by atoms with van der Waals surface area (Å²) in [4.78, 5) is 11.3. The molecule has 0 aliphatic carbocycles. The molecule has 0 unspecified atom stereocenters. The van der Waals surface area contributed by atoms with Crippen molar-refractivity contribution < 1.29 is 4.42 Å². The van der Waals surface area contributed by atoms with E-state index in [4.69, 9.17) is 4.42 Å². The number of hydrogen-bond donors (Lipinski definition) is 0. The minimum Gasteiger partial charge on any atom is -0.423 e. The summed E-state index contributed by atoms with van der Waals surface area (Å²) in [5, 5.41) is 0.983. The van der Waals surface area contributed by atoms with Crippen molar-refractivity contribution in [2.75, 3.05) is 0 Å². The van der Waals surface area contributed by atoms with Gasteiger partial charge in [-0.3, -0.25) is 0 Å². The van der Waals surface area contributed by atoms with Gasteiger partial charge in [0.05, 0.1) is 0 Å². The first-order chi connectivity index (χ1) is 8.08. The number of benzene rings is 1. The lowest BCUT2D eigenvalue weighted by Gasteiger charge is -2.05. The first-order valence-electron chi connectivity index (χ1n) is 6.12. The lowest BCUT2D eigenvalue weighted by molar-refractivity contribution is 0.554. The molecule has 0 atom stereocenters. The van der Waals surface area contributed by atoms with Crippen LogP contribution in [-0.4, -0.2) is 0 Å². The van der Waals surface area contributed by atoms with Crippen LogP contribution in [0.15, 0.2) is 33.5 Å². The smallest absolute Gasteiger partial charge is 0.339 e. The second-order valence-corrected chi connectivity index (χ2v) is 4.17. The first-order valence-corrected chi connectivity index (χ1v) is 6.12. The zero-order valence-electron chi connectivity index (χ0n) is 11.2. The molecule has 92 valence electrons. The van der Waals surface area contributed by atoms with Gasteiger partial charge in [0.1, 0.15) is 5.58 Å². The van der Waals surface area contributed by atoms with E-state index >= 15 is 0 Å². The number of fused-ring (bicyclic) bond motifs is 1. The van der Waals surface area contributed by atoms with Gasteiger partial charge in [-0.2, -0.15) is 0 Å². The molecule has 17 heavy (non-hydrogen) atoms. The van der Waals surface area contributed by atoms with E-state index in [1.165, 1.54) is 5.56 Å². The second kappa shape index (κ2) is 5.67. The van der Waals surface area contributed by atoms with Crippen molar-refractivity contribution in [2.45, 2.75) is 40.5 Å². The fourth-order valence-electron chi connectivity index (χ4n) is 1.59. The maximum absolute atomic E-state index is 11.3. The van der Waals surface area contributed by atoms with Crippen molar-refractivity contribution >= 4 is 11.0 Å². The van der Waals surface area contributed by atoms with E-state index in [2.05, 4.69) is 19.9 Å². The highest BCUT2D eigenvalue weighted by Crippen LogP contribution is 2.20. The summed E-state index contributed by atoms with van der Waals surface area (Å²) < 4.78 is 5.23. The van der Waals surface area contributed by atoms with E-state index in [1.54, 1.807) is 6.92 Å². The molecule has 2 heteroatoms. The Morgan fingerprint density at radius 3 is 2.35 bits per heavy atom. The molecule has 2 nitrogen and oxygen atoms in total. The number of aryl methyl sites for hydroxylation is 1. The summed E-state index contributed by atoms with van der Waals surface area (Å²) in [6.07, 6.45) is 0. The van der Waals surface area contributed by atoms with Crippen LogP contribution < -0.4 is 5.63 Å². The van der Waals surface area contributed by atoms with Crippen LogP contribution in [0.5, 0.6) is 0 Å². The Balaban J connectivity index is 0.000000686. The minimum absolute atomic E-state index is 0.247. The lowest BCUT2D eigenvalue weighted by atomic mass is 10.0. The molecule has 0 bridgehead atoms. The van der Waals surface area contributed by atoms with Crippen LogP contribution in [0.2, 0.25) is 0 Å². The summed E-state index contributed by atoms with van der Waals surface area (Å²) in [5.41, 5.74) is 2.27. The molecule has 0 fully saturated rings. The van der Waals surface area contributed by atoms with Gasteiger partial charge in [0, 0.05) is 10.9 Å². The molecular formula is C15H20O2. The summed E-state index contributed by atoms with van der Waals surface area (Å²) in [7, 11) is 0. The van der Waals surface area contributed by atoms with Crippen molar-refractivity contribution in [1.29, 1.82) is 0 Å². The fourth-order valence-corrected chi connectivity index (χ4v) is 1.59. The predicted molar refractivity (Wildman–Crippen MR) is 72.7 cm³/mol. The summed E-state index contributed by atoms with van der Waals surface area (Å²) >= 11 is 0. The van der Waals surface area contributed by atoms with Gasteiger partial charge >= 0.3 is 5.63 Å². The highest BCUT2D eigenvalue weighted by Gasteiger charge is 2.04. The van der Waals surface area contributed by atoms with E-state index in [0.29, 0.717) is 17.1 Å². The van der Waals surface area contributed by atoms with E-state index in [-0.39, 0.29) is 5.63 Å². The van der Waals surface area contributed by atoms with Gasteiger partial charge < -0.3 is 4.42 Å². The highest BCUT2D eigenvalue weighted by atomic mass is 16.4. The Bertz CT molecular complexity index is 550. The van der Waals surface area contributed by atoms with Crippen molar-refractivity contribution in [3.8, 4) is 0 Å². The van der Waals surface area contributed by atoms with Crippen LogP contribution in [0.25, 0.3) is 11.0 Å². The minimum atomic E-state index is -0.247. The molecule has 0 saturated carbocycles. The topological polar surface area (TPSA) is 30.2 Å². The molecule has 0 saturated heterocycles. The van der Waals surface area contributed by atoms with Gasteiger partial charge in [0.25, 0.3) is 0 Å². The van der Waals surface area contributed by atoms with E-state index in [1.807, 2.05) is 32.0 Å². The standard InChI is InChI=1S/C13H14O2.C2H6/c1-8(2)10-4-5-11-6-9(3)13(14)15-12(11)7-10;1-2/h4-8H,1-3H3;1-2H3. The Hall–Kier alpha value is -1.57. The fraction of sp³-hybridized carbons (Fsp3) is 0.400. The molecule has 2 rings (SSSR count). The van der Waals surface area contributed by atoms with Crippen LogP contribution in [-0.2, 0) is 0 Å². The molecule has 0 aliphatic rings. The molecule has 0 radical (unpaired) electrons. The van der Waals surface area contributed by atoms with Gasteiger partial charge in [-0.25, -0.2) is 4.79 Å². The Labute approximate surface area is 102 Å². The molecule has 0 N–H and O–H groups in total. The molecule has 1 heterocycles. The van der Waals surface area contributed by atoms with E-state index < -0.39 is 0 Å². The van der Waals surface area contributed by atoms with E-state index in [9.17, 15) is 4.79 Å². The largest absolute Gasteiger partial charge is 0.423 e. The SMILES string of the molecule is CC.Cc1cc2ccc(C(C)C)cc2oc1=O. The summed E-state index contributed by atoms with van der Waals surface area (Å²) in [6, 6.07) is 7.89. The predicted octanol–water partition coefficient (Wildman–Crippen LogP) is 4.25. The van der Waals surface area contributed by atoms with Crippen LogP contribution in [0, 0.1) is 6.92 Å². The van der Waals surface area contributed by atoms with Gasteiger partial charge in [0.15, 0.2) is 0 Å². The molecule has 2 aromatic rings. The maximum atomic E-state index is 11.3. The second-order valence-electron chi connectivity index (χ2n) is 4.17. The Morgan fingerprint density at radius 1 is 1.12 bits per heavy atom. The van der Waals surface area contributed by atoms with Gasteiger partial charge in [0.2, 0.25) is 0 Å². The molecule has 1 aromatic carbocycles. The summed E-state index contributed by atoms with van der Waals surface area (Å²) in [6.45, 7) is 10.0. The third-order valence-corrected chi connectivity index (χ3v) is 2.60. The number of rotatable bonds is 1. The normalized spacial score (nSPS) is 10.2. The zero-order chi connectivity index (χ0) is 13.0. The third-order valence-electron chi connectivity index (χ3n) is 2.60. The Kier molecular flexibility index (Phi) is 4.50. The summed E-state index contributed by atoms with van der Waals surface area (Å²) in [5.74, 6) is 0.445. The molecule has 0 amide bonds. The van der Waals surface area contributed by atoms with Gasteiger partial charge in [-0.05, 0) is 30.5 Å². The van der Waals surface area contributed by atoms with Crippen molar-refractivity contribution in [1.82, 2.24) is 0 Å². The first kappa shape index (κ1) is 13.5. The Morgan fingerprint density at radius 2 is 1.76 bits per heavy atom. The molecule has 0 aliphatic heterocycles. The van der Waals surface area contributed by atoms with Gasteiger partial charge in [-0.1, -0.05) is 39.8 Å². The lowest BCUT2D eigenvalue weighted by Crippen LogP contribution is -2.02. The van der Waals surface area contributed by atoms with Crippen LogP contribution in [0.1, 0.15) is 44.7 Å². The molecule has 1 aromatic heterocycles. The van der Waals surface area contributed by atoms with Crippen molar-refractivity contribution in [3.05, 3.63) is 45.8 Å². The quantitative estimate of drug-likeness (QED) is 0.688. The third kappa shape index (κ3) is 2.96. The maximum Gasteiger partial charge on any atom is 0.339 e. The highest BCUT2D eigenvalue weighted by molar-refractivity contribution is 5.77. The van der Waals surface area contributed by atoms with Crippen LogP contribution in [0.4, 0.5) is 0 Å². The van der Waals surface area contributed by atoms with Crippen molar-refractivity contribution in [2.24, 2.45) is 0 Å². The zero-order valence-corrected chi connectivity index (χ0v) is 11.2. The van der Waals surface area contributed by atoms with E-state index in [0.717, 1.165) is 5.39 Å². The molecular weight excluding hydrogens is 212 g/mol. The van der Waals surface area contributed by atoms with Crippen LogP contribution >= 0.6 is 0 Å². The van der Waals surface area contributed by atoms with Gasteiger partial charge in [-0.15, -0.1) is 0 Å². The average Bonchev–Trinajstić information content (AvgIpc) is 2.32. The van der Waals surface area contributed by atoms with Crippen molar-refractivity contribution in [3.63, 3.8) is 0 Å². The molecule has 0 spiro atoms. The number of hydrogen-bond acceptors (Lipinski definition) is 2. The monoisotopic (exact) mass is 232 g/mol.